The van der Waals surface area contributed by atoms with Crippen molar-refractivity contribution in [2.75, 3.05) is 26.2 Å². The van der Waals surface area contributed by atoms with Gasteiger partial charge in [-0.2, -0.15) is 0 Å². The van der Waals surface area contributed by atoms with E-state index < -0.39 is 0 Å². The van der Waals surface area contributed by atoms with Crippen molar-refractivity contribution in [2.24, 2.45) is 11.8 Å². The van der Waals surface area contributed by atoms with E-state index in [1.54, 1.807) is 0 Å². The van der Waals surface area contributed by atoms with Crippen molar-refractivity contribution in [3.8, 4) is 0 Å². The molecule has 6 heteroatoms. The molecule has 1 aliphatic carbocycles. The van der Waals surface area contributed by atoms with E-state index in [1.807, 2.05) is 11.4 Å². The zero-order valence-corrected chi connectivity index (χ0v) is 14.0. The van der Waals surface area contributed by atoms with Gasteiger partial charge in [-0.25, -0.2) is 9.97 Å². The topological polar surface area (TPSA) is 58.1 Å². The first kappa shape index (κ1) is 15.0. The maximum absolute atomic E-state index is 12.5. The molecule has 1 unspecified atom stereocenters. The van der Waals surface area contributed by atoms with Gasteiger partial charge in [0.1, 0.15) is 12.0 Å². The number of carbonyl (C=O) groups excluding carboxylic acids is 1. The maximum Gasteiger partial charge on any atom is 0.271 e. The van der Waals surface area contributed by atoms with Crippen molar-refractivity contribution in [3.63, 3.8) is 0 Å². The fourth-order valence-corrected chi connectivity index (χ4v) is 4.25. The van der Waals surface area contributed by atoms with Crippen molar-refractivity contribution in [3.05, 3.63) is 23.5 Å². The first-order valence-corrected chi connectivity index (χ1v) is 9.36. The molecule has 4 rings (SSSR count). The Bertz CT molecular complexity index is 697. The molecule has 0 radical (unpaired) electrons. The normalized spacial score (nSPS) is 22.3. The number of carbonyl (C=O) groups is 1. The van der Waals surface area contributed by atoms with Crippen molar-refractivity contribution in [1.82, 2.24) is 20.2 Å². The molecule has 122 valence electrons. The minimum absolute atomic E-state index is 0.0702. The monoisotopic (exact) mass is 330 g/mol. The van der Waals surface area contributed by atoms with E-state index in [9.17, 15) is 4.79 Å². The van der Waals surface area contributed by atoms with Crippen molar-refractivity contribution >= 4 is 27.5 Å². The number of amides is 1. The summed E-state index contributed by atoms with van der Waals surface area (Å²) in [6.07, 6.45) is 6.74. The standard InChI is InChI=1S/C17H22N4OS/c22-17(15-16-14(5-7-23-16)19-11-20-15)18-8-13-2-1-6-21(10-13)9-12-3-4-12/h5,7,11-13H,1-4,6,8-10H2,(H,18,22). The van der Waals surface area contributed by atoms with Crippen LogP contribution in [0, 0.1) is 11.8 Å². The summed E-state index contributed by atoms with van der Waals surface area (Å²) in [7, 11) is 0. The Hall–Kier alpha value is -1.53. The summed E-state index contributed by atoms with van der Waals surface area (Å²) in [5, 5.41) is 5.04. The lowest BCUT2D eigenvalue weighted by Crippen LogP contribution is -2.41. The Morgan fingerprint density at radius 2 is 2.22 bits per heavy atom. The van der Waals surface area contributed by atoms with Gasteiger partial charge in [0, 0.05) is 19.6 Å². The van der Waals surface area contributed by atoms with Gasteiger partial charge in [0.25, 0.3) is 5.91 Å². The molecule has 2 fully saturated rings. The molecule has 23 heavy (non-hydrogen) atoms. The number of fused-ring (bicyclic) bond motifs is 1. The van der Waals surface area contributed by atoms with Crippen LogP contribution in [0.25, 0.3) is 10.2 Å². The second-order valence-corrected chi connectivity index (χ2v) is 7.69. The number of piperidine rings is 1. The van der Waals surface area contributed by atoms with Crippen LogP contribution >= 0.6 is 11.3 Å². The Balaban J connectivity index is 1.34. The quantitative estimate of drug-likeness (QED) is 0.915. The van der Waals surface area contributed by atoms with Crippen LogP contribution in [0.2, 0.25) is 0 Å². The summed E-state index contributed by atoms with van der Waals surface area (Å²) in [5.74, 6) is 1.43. The molecule has 5 nitrogen and oxygen atoms in total. The number of thiophene rings is 1. The summed E-state index contributed by atoms with van der Waals surface area (Å²) in [6, 6.07) is 1.93. The second kappa shape index (κ2) is 6.53. The van der Waals surface area contributed by atoms with Gasteiger partial charge in [-0.05, 0) is 55.5 Å². The lowest BCUT2D eigenvalue weighted by Gasteiger charge is -2.32. The SMILES string of the molecule is O=C(NCC1CCCN(CC2CC2)C1)c1ncnc2ccsc12. The summed E-state index contributed by atoms with van der Waals surface area (Å²) in [6.45, 7) is 4.35. The molecule has 3 heterocycles. The minimum Gasteiger partial charge on any atom is -0.350 e. The summed E-state index contributed by atoms with van der Waals surface area (Å²) >= 11 is 1.52. The van der Waals surface area contributed by atoms with Crippen LogP contribution < -0.4 is 5.32 Å². The molecular formula is C17H22N4OS. The Labute approximate surface area is 140 Å². The molecule has 2 aliphatic rings. The lowest BCUT2D eigenvalue weighted by atomic mass is 9.97. The van der Waals surface area contributed by atoms with Gasteiger partial charge in [-0.3, -0.25) is 4.79 Å². The van der Waals surface area contributed by atoms with Gasteiger partial charge >= 0.3 is 0 Å². The Morgan fingerprint density at radius 3 is 3.09 bits per heavy atom. The predicted octanol–water partition coefficient (Wildman–Crippen LogP) is 2.54. The van der Waals surface area contributed by atoms with E-state index in [1.165, 1.54) is 56.4 Å². The molecule has 1 N–H and O–H groups in total. The van der Waals surface area contributed by atoms with Gasteiger partial charge < -0.3 is 10.2 Å². The number of nitrogens with one attached hydrogen (secondary N) is 1. The van der Waals surface area contributed by atoms with E-state index >= 15 is 0 Å². The Morgan fingerprint density at radius 1 is 1.30 bits per heavy atom. The lowest BCUT2D eigenvalue weighted by molar-refractivity contribution is 0.0928. The van der Waals surface area contributed by atoms with E-state index in [2.05, 4.69) is 20.2 Å². The number of rotatable bonds is 5. The fraction of sp³-hybridized carbons (Fsp3) is 0.588. The number of aromatic nitrogens is 2. The smallest absolute Gasteiger partial charge is 0.271 e. The molecule has 0 bridgehead atoms. The molecule has 2 aromatic heterocycles. The maximum atomic E-state index is 12.5. The molecule has 2 aromatic rings. The van der Waals surface area contributed by atoms with Crippen LogP contribution in [-0.4, -0.2) is 47.0 Å². The summed E-state index contributed by atoms with van der Waals surface area (Å²) < 4.78 is 0.879. The van der Waals surface area contributed by atoms with Crippen molar-refractivity contribution in [2.45, 2.75) is 25.7 Å². The van der Waals surface area contributed by atoms with Crippen LogP contribution in [-0.2, 0) is 0 Å². The van der Waals surface area contributed by atoms with Crippen molar-refractivity contribution in [1.29, 1.82) is 0 Å². The number of likely N-dealkylation sites (tertiary alicyclic amines) is 1. The summed E-state index contributed by atoms with van der Waals surface area (Å²) in [5.41, 5.74) is 1.36. The third kappa shape index (κ3) is 3.53. The third-order valence-electron chi connectivity index (χ3n) is 4.83. The first-order valence-electron chi connectivity index (χ1n) is 8.48. The zero-order chi connectivity index (χ0) is 15.6. The molecule has 1 aliphatic heterocycles. The van der Waals surface area contributed by atoms with Gasteiger partial charge in [0.15, 0.2) is 0 Å². The average molecular weight is 330 g/mol. The molecule has 1 saturated heterocycles. The highest BCUT2D eigenvalue weighted by molar-refractivity contribution is 7.17. The fourth-order valence-electron chi connectivity index (χ4n) is 3.42. The molecule has 1 saturated carbocycles. The highest BCUT2D eigenvalue weighted by Gasteiger charge is 2.27. The number of hydrogen-bond acceptors (Lipinski definition) is 5. The molecule has 0 spiro atoms. The summed E-state index contributed by atoms with van der Waals surface area (Å²) in [4.78, 5) is 23.4. The van der Waals surface area contributed by atoms with Gasteiger partial charge in [-0.1, -0.05) is 0 Å². The zero-order valence-electron chi connectivity index (χ0n) is 13.2. The number of hydrogen-bond donors (Lipinski definition) is 1. The van der Waals surface area contributed by atoms with E-state index in [4.69, 9.17) is 0 Å². The highest BCUT2D eigenvalue weighted by Crippen LogP contribution is 2.31. The van der Waals surface area contributed by atoms with Crippen LogP contribution in [0.4, 0.5) is 0 Å². The van der Waals surface area contributed by atoms with Crippen LogP contribution in [0.3, 0.4) is 0 Å². The third-order valence-corrected chi connectivity index (χ3v) is 5.74. The molecule has 1 atom stereocenters. The average Bonchev–Trinajstić information content (AvgIpc) is 3.25. The molecule has 1 amide bonds. The van der Waals surface area contributed by atoms with E-state index in [-0.39, 0.29) is 5.91 Å². The largest absolute Gasteiger partial charge is 0.350 e. The van der Waals surface area contributed by atoms with Crippen LogP contribution in [0.5, 0.6) is 0 Å². The van der Waals surface area contributed by atoms with Gasteiger partial charge in [0.2, 0.25) is 0 Å². The van der Waals surface area contributed by atoms with E-state index in [0.717, 1.165) is 29.2 Å². The van der Waals surface area contributed by atoms with Crippen LogP contribution in [0.15, 0.2) is 17.8 Å². The molecule has 0 aromatic carbocycles. The van der Waals surface area contributed by atoms with E-state index in [0.29, 0.717) is 11.6 Å². The minimum atomic E-state index is -0.0702. The second-order valence-electron chi connectivity index (χ2n) is 6.78. The highest BCUT2D eigenvalue weighted by atomic mass is 32.1. The van der Waals surface area contributed by atoms with Crippen molar-refractivity contribution < 1.29 is 4.79 Å². The first-order chi connectivity index (χ1) is 11.3. The van der Waals surface area contributed by atoms with Crippen LogP contribution in [0.1, 0.15) is 36.2 Å². The molecular weight excluding hydrogens is 308 g/mol. The van der Waals surface area contributed by atoms with Gasteiger partial charge in [-0.15, -0.1) is 11.3 Å². The predicted molar refractivity (Wildman–Crippen MR) is 91.6 cm³/mol. The van der Waals surface area contributed by atoms with Gasteiger partial charge in [0.05, 0.1) is 10.2 Å². The Kier molecular flexibility index (Phi) is 4.27. The number of nitrogens with zero attached hydrogens (tertiary/aromatic N) is 3.